The Labute approximate surface area is 117 Å². The lowest BCUT2D eigenvalue weighted by Gasteiger charge is -2.15. The van der Waals surface area contributed by atoms with Gasteiger partial charge in [-0.1, -0.05) is 17.7 Å². The second-order valence-corrected chi connectivity index (χ2v) is 4.93. The molecule has 0 aliphatic carbocycles. The molecule has 2 aromatic rings. The molecule has 0 aliphatic rings. The minimum Gasteiger partial charge on any atom is -0.397 e. The number of rotatable bonds is 3. The normalized spacial score (nSPS) is 10.3. The molecule has 0 fully saturated rings. The Balaban J connectivity index is 2.38. The van der Waals surface area contributed by atoms with Gasteiger partial charge in [-0.15, -0.1) is 0 Å². The maximum Gasteiger partial charge on any atom is 0.271 e. The lowest BCUT2D eigenvalue weighted by Crippen LogP contribution is -2.01. The van der Waals surface area contributed by atoms with Gasteiger partial charge in [-0.05, 0) is 38.0 Å². The SMILES string of the molecule is Cc1cc(C)c(Nc2ccc([N+](=O)[O-])cc2N)c(C)c1. The summed E-state index contributed by atoms with van der Waals surface area (Å²) in [6, 6.07) is 8.60. The van der Waals surface area contributed by atoms with E-state index in [0.717, 1.165) is 16.8 Å². The largest absolute Gasteiger partial charge is 0.397 e. The first-order chi connectivity index (χ1) is 9.38. The van der Waals surface area contributed by atoms with Crippen LogP contribution in [0, 0.1) is 30.9 Å². The van der Waals surface area contributed by atoms with Gasteiger partial charge in [-0.25, -0.2) is 0 Å². The fraction of sp³-hybridized carbons (Fsp3) is 0.200. The molecule has 2 aromatic carbocycles. The third kappa shape index (κ3) is 2.71. The molecule has 0 saturated carbocycles. The van der Waals surface area contributed by atoms with E-state index in [9.17, 15) is 10.1 Å². The summed E-state index contributed by atoms with van der Waals surface area (Å²) >= 11 is 0. The molecule has 0 aliphatic heterocycles. The number of nitro groups is 1. The van der Waals surface area contributed by atoms with Crippen molar-refractivity contribution in [3.05, 3.63) is 57.1 Å². The van der Waals surface area contributed by atoms with Gasteiger partial charge in [0.15, 0.2) is 0 Å². The number of hydrogen-bond acceptors (Lipinski definition) is 4. The molecule has 0 saturated heterocycles. The van der Waals surface area contributed by atoms with Crippen LogP contribution in [0.1, 0.15) is 16.7 Å². The average Bonchev–Trinajstić information content (AvgIpc) is 2.34. The zero-order valence-electron chi connectivity index (χ0n) is 11.7. The van der Waals surface area contributed by atoms with Gasteiger partial charge in [0.25, 0.3) is 5.69 Å². The Bertz CT molecular complexity index is 658. The molecule has 0 unspecified atom stereocenters. The Morgan fingerprint density at radius 3 is 2.20 bits per heavy atom. The third-order valence-electron chi connectivity index (χ3n) is 3.18. The number of non-ortho nitro benzene ring substituents is 1. The van der Waals surface area contributed by atoms with E-state index in [0.29, 0.717) is 11.4 Å². The van der Waals surface area contributed by atoms with Crippen LogP contribution in [-0.4, -0.2) is 4.92 Å². The van der Waals surface area contributed by atoms with Crippen molar-refractivity contribution in [2.75, 3.05) is 11.1 Å². The standard InChI is InChI=1S/C15H17N3O2/c1-9-6-10(2)15(11(3)7-9)17-14-5-4-12(18(19)20)8-13(14)16/h4-8,17H,16H2,1-3H3. The predicted molar refractivity (Wildman–Crippen MR) is 81.4 cm³/mol. The van der Waals surface area contributed by atoms with E-state index < -0.39 is 4.92 Å². The minimum atomic E-state index is -0.456. The molecule has 0 heterocycles. The first kappa shape index (κ1) is 13.9. The monoisotopic (exact) mass is 271 g/mol. The van der Waals surface area contributed by atoms with Crippen LogP contribution in [0.4, 0.5) is 22.7 Å². The van der Waals surface area contributed by atoms with Gasteiger partial charge in [0.1, 0.15) is 0 Å². The predicted octanol–water partition coefficient (Wildman–Crippen LogP) is 3.85. The minimum absolute atomic E-state index is 0.00889. The highest BCUT2D eigenvalue weighted by molar-refractivity contribution is 5.77. The first-order valence-corrected chi connectivity index (χ1v) is 6.27. The molecule has 3 N–H and O–H groups in total. The van der Waals surface area contributed by atoms with E-state index in [4.69, 9.17) is 5.73 Å². The summed E-state index contributed by atoms with van der Waals surface area (Å²) in [5.74, 6) is 0. The van der Waals surface area contributed by atoms with Crippen LogP contribution < -0.4 is 11.1 Å². The lowest BCUT2D eigenvalue weighted by molar-refractivity contribution is -0.384. The highest BCUT2D eigenvalue weighted by atomic mass is 16.6. The lowest BCUT2D eigenvalue weighted by atomic mass is 10.0. The summed E-state index contributed by atoms with van der Waals surface area (Å²) in [6.45, 7) is 6.08. The molecule has 5 heteroatoms. The number of nitrogens with one attached hydrogen (secondary N) is 1. The Hall–Kier alpha value is -2.56. The number of nitrogens with zero attached hydrogens (tertiary/aromatic N) is 1. The Kier molecular flexibility index (Phi) is 3.61. The van der Waals surface area contributed by atoms with Gasteiger partial charge in [-0.2, -0.15) is 0 Å². The zero-order chi connectivity index (χ0) is 14.9. The summed E-state index contributed by atoms with van der Waals surface area (Å²) in [6.07, 6.45) is 0. The van der Waals surface area contributed by atoms with Crippen LogP contribution in [-0.2, 0) is 0 Å². The van der Waals surface area contributed by atoms with E-state index in [1.807, 2.05) is 20.8 Å². The maximum atomic E-state index is 10.7. The second-order valence-electron chi connectivity index (χ2n) is 4.93. The molecular weight excluding hydrogens is 254 g/mol. The van der Waals surface area contributed by atoms with Crippen LogP contribution in [0.5, 0.6) is 0 Å². The molecule has 20 heavy (non-hydrogen) atoms. The van der Waals surface area contributed by atoms with Crippen molar-refractivity contribution in [3.8, 4) is 0 Å². The average molecular weight is 271 g/mol. The van der Waals surface area contributed by atoms with Crippen LogP contribution in [0.3, 0.4) is 0 Å². The summed E-state index contributed by atoms with van der Waals surface area (Å²) in [5, 5.41) is 14.0. The van der Waals surface area contributed by atoms with Crippen LogP contribution >= 0.6 is 0 Å². The van der Waals surface area contributed by atoms with Crippen molar-refractivity contribution in [3.63, 3.8) is 0 Å². The number of nitro benzene ring substituents is 1. The number of benzene rings is 2. The van der Waals surface area contributed by atoms with Crippen LogP contribution in [0.2, 0.25) is 0 Å². The van der Waals surface area contributed by atoms with Gasteiger partial charge in [0.05, 0.1) is 16.3 Å². The summed E-state index contributed by atoms with van der Waals surface area (Å²) in [7, 11) is 0. The maximum absolute atomic E-state index is 10.7. The molecule has 0 atom stereocenters. The molecule has 0 spiro atoms. The fourth-order valence-electron chi connectivity index (χ4n) is 2.29. The van der Waals surface area contributed by atoms with Gasteiger partial charge >= 0.3 is 0 Å². The van der Waals surface area contributed by atoms with Gasteiger partial charge in [0, 0.05) is 17.8 Å². The molecule has 2 rings (SSSR count). The van der Waals surface area contributed by atoms with E-state index in [-0.39, 0.29) is 5.69 Å². The van der Waals surface area contributed by atoms with Crippen molar-refractivity contribution in [2.45, 2.75) is 20.8 Å². The van der Waals surface area contributed by atoms with Crippen LogP contribution in [0.25, 0.3) is 0 Å². The molecule has 104 valence electrons. The van der Waals surface area contributed by atoms with Crippen molar-refractivity contribution in [1.82, 2.24) is 0 Å². The summed E-state index contributed by atoms with van der Waals surface area (Å²) in [5.41, 5.74) is 11.3. The fourth-order valence-corrected chi connectivity index (χ4v) is 2.29. The number of aryl methyl sites for hydroxylation is 3. The molecule has 0 amide bonds. The van der Waals surface area contributed by atoms with Gasteiger partial charge < -0.3 is 11.1 Å². The first-order valence-electron chi connectivity index (χ1n) is 6.27. The van der Waals surface area contributed by atoms with E-state index in [1.165, 1.54) is 17.7 Å². The molecule has 0 aromatic heterocycles. The van der Waals surface area contributed by atoms with Crippen molar-refractivity contribution < 1.29 is 4.92 Å². The Morgan fingerprint density at radius 2 is 1.70 bits per heavy atom. The van der Waals surface area contributed by atoms with Crippen LogP contribution in [0.15, 0.2) is 30.3 Å². The highest BCUT2D eigenvalue weighted by Gasteiger charge is 2.10. The number of nitrogens with two attached hydrogens (primary N) is 1. The number of hydrogen-bond donors (Lipinski definition) is 2. The highest BCUT2D eigenvalue weighted by Crippen LogP contribution is 2.30. The Morgan fingerprint density at radius 1 is 1.10 bits per heavy atom. The van der Waals surface area contributed by atoms with Crippen molar-refractivity contribution >= 4 is 22.7 Å². The zero-order valence-corrected chi connectivity index (χ0v) is 11.7. The molecular formula is C15H17N3O2. The molecule has 5 nitrogen and oxygen atoms in total. The topological polar surface area (TPSA) is 81.2 Å². The van der Waals surface area contributed by atoms with Gasteiger partial charge in [-0.3, -0.25) is 10.1 Å². The molecule has 0 radical (unpaired) electrons. The second kappa shape index (κ2) is 5.21. The number of nitrogen functional groups attached to an aromatic ring is 1. The third-order valence-corrected chi connectivity index (χ3v) is 3.18. The van der Waals surface area contributed by atoms with E-state index in [1.54, 1.807) is 6.07 Å². The summed E-state index contributed by atoms with van der Waals surface area (Å²) < 4.78 is 0. The van der Waals surface area contributed by atoms with Gasteiger partial charge in [0.2, 0.25) is 0 Å². The van der Waals surface area contributed by atoms with Crippen molar-refractivity contribution in [1.29, 1.82) is 0 Å². The molecule has 0 bridgehead atoms. The van der Waals surface area contributed by atoms with E-state index in [2.05, 4.69) is 17.4 Å². The van der Waals surface area contributed by atoms with Crippen molar-refractivity contribution in [2.24, 2.45) is 0 Å². The number of anilines is 3. The quantitative estimate of drug-likeness (QED) is 0.504. The smallest absolute Gasteiger partial charge is 0.271 e. The summed E-state index contributed by atoms with van der Waals surface area (Å²) in [4.78, 5) is 10.2. The van der Waals surface area contributed by atoms with E-state index >= 15 is 0 Å².